The highest BCUT2D eigenvalue weighted by molar-refractivity contribution is 7.83. The maximum Gasteiger partial charge on any atom is 0.225 e. The summed E-state index contributed by atoms with van der Waals surface area (Å²) in [6, 6.07) is 7.56. The number of ether oxygens (including phenoxy) is 1. The van der Waals surface area contributed by atoms with Crippen LogP contribution in [-0.2, 0) is 27.1 Å². The van der Waals surface area contributed by atoms with Crippen molar-refractivity contribution >= 4 is 22.5 Å². The third-order valence-corrected chi connectivity index (χ3v) is 6.65. The minimum absolute atomic E-state index is 0.0250. The molecule has 1 aliphatic carbocycles. The lowest BCUT2D eigenvalue weighted by Crippen LogP contribution is -2.20. The maximum atomic E-state index is 12.7. The molecule has 1 aromatic heterocycles. The molecule has 0 saturated heterocycles. The minimum Gasteiger partial charge on any atom is -0.497 e. The summed E-state index contributed by atoms with van der Waals surface area (Å²) in [7, 11) is 0.692. The summed E-state index contributed by atoms with van der Waals surface area (Å²) in [5.74, 6) is 2.83. The van der Waals surface area contributed by atoms with Crippen LogP contribution < -0.4 is 10.1 Å². The molecule has 1 aromatic carbocycles. The molecule has 2 aromatic rings. The summed E-state index contributed by atoms with van der Waals surface area (Å²) < 4.78 is 19.0. The molecule has 1 fully saturated rings. The van der Waals surface area contributed by atoms with Crippen LogP contribution in [0.4, 0.5) is 5.82 Å². The lowest BCUT2D eigenvalue weighted by Gasteiger charge is -2.21. The van der Waals surface area contributed by atoms with E-state index in [9.17, 15) is 9.00 Å². The van der Waals surface area contributed by atoms with Crippen LogP contribution in [0.5, 0.6) is 5.75 Å². The van der Waals surface area contributed by atoms with E-state index in [1.165, 1.54) is 19.3 Å². The van der Waals surface area contributed by atoms with Gasteiger partial charge in [-0.2, -0.15) is 5.10 Å². The Bertz CT molecular complexity index is 854. The largest absolute Gasteiger partial charge is 0.497 e. The molecule has 1 amide bonds. The molecule has 6 nitrogen and oxygen atoms in total. The van der Waals surface area contributed by atoms with E-state index in [2.05, 4.69) is 10.4 Å². The first-order valence-electron chi connectivity index (χ1n) is 9.54. The van der Waals surface area contributed by atoms with Crippen LogP contribution in [-0.4, -0.2) is 27.0 Å². The number of fused-ring (bicyclic) bond motifs is 1. The summed E-state index contributed by atoms with van der Waals surface area (Å²) in [6.07, 6.45) is 6.53. The van der Waals surface area contributed by atoms with Gasteiger partial charge >= 0.3 is 0 Å². The zero-order valence-corrected chi connectivity index (χ0v) is 16.4. The fourth-order valence-electron chi connectivity index (χ4n) is 4.00. The summed E-state index contributed by atoms with van der Waals surface area (Å²) in [6.45, 7) is 0. The molecular weight excluding hydrogens is 362 g/mol. The number of anilines is 1. The predicted octanol–water partition coefficient (Wildman–Crippen LogP) is 3.55. The lowest BCUT2D eigenvalue weighted by molar-refractivity contribution is -0.117. The maximum absolute atomic E-state index is 12.7. The van der Waals surface area contributed by atoms with E-state index >= 15 is 0 Å². The van der Waals surface area contributed by atoms with Gasteiger partial charge in [0.25, 0.3) is 0 Å². The Morgan fingerprint density at radius 1 is 1.22 bits per heavy atom. The number of nitrogens with one attached hydrogen (secondary N) is 1. The highest BCUT2D eigenvalue weighted by Gasteiger charge is 2.29. The van der Waals surface area contributed by atoms with Crippen LogP contribution in [0.2, 0.25) is 0 Å². The minimum atomic E-state index is -0.936. The lowest BCUT2D eigenvalue weighted by atomic mass is 9.87. The van der Waals surface area contributed by atoms with Crippen molar-refractivity contribution in [3.05, 3.63) is 35.5 Å². The Morgan fingerprint density at radius 3 is 2.67 bits per heavy atom. The van der Waals surface area contributed by atoms with Crippen LogP contribution in [0.25, 0.3) is 5.69 Å². The first-order valence-corrected chi connectivity index (χ1v) is 11.0. The van der Waals surface area contributed by atoms with Crippen LogP contribution in [0, 0.1) is 5.92 Å². The van der Waals surface area contributed by atoms with Gasteiger partial charge in [-0.3, -0.25) is 9.00 Å². The van der Waals surface area contributed by atoms with Gasteiger partial charge in [-0.05, 0) is 43.0 Å². The number of nitrogens with zero attached hydrogens (tertiary/aromatic N) is 2. The first-order chi connectivity index (χ1) is 13.1. The summed E-state index contributed by atoms with van der Waals surface area (Å²) in [5.41, 5.74) is 2.57. The molecule has 0 radical (unpaired) electrons. The number of hydrogen-bond donors (Lipinski definition) is 1. The van der Waals surface area contributed by atoms with Crippen molar-refractivity contribution in [2.75, 3.05) is 12.4 Å². The number of benzene rings is 1. The van der Waals surface area contributed by atoms with E-state index in [0.29, 0.717) is 29.7 Å². The van der Waals surface area contributed by atoms with E-state index in [0.717, 1.165) is 35.5 Å². The number of rotatable bonds is 5. The molecule has 1 unspecified atom stereocenters. The molecule has 144 valence electrons. The molecule has 0 bridgehead atoms. The van der Waals surface area contributed by atoms with Crippen molar-refractivity contribution in [3.63, 3.8) is 0 Å². The van der Waals surface area contributed by atoms with Gasteiger partial charge in [0.15, 0.2) is 0 Å². The molecule has 7 heteroatoms. The van der Waals surface area contributed by atoms with Crippen molar-refractivity contribution in [2.24, 2.45) is 5.92 Å². The second kappa shape index (κ2) is 7.84. The Hall–Kier alpha value is -2.15. The zero-order chi connectivity index (χ0) is 18.8. The molecule has 1 aliphatic heterocycles. The Labute approximate surface area is 161 Å². The number of carbonyl (C=O) groups is 1. The number of methoxy groups -OCH3 is 1. The van der Waals surface area contributed by atoms with Crippen molar-refractivity contribution in [3.8, 4) is 11.4 Å². The van der Waals surface area contributed by atoms with Crippen molar-refractivity contribution in [1.29, 1.82) is 0 Å². The van der Waals surface area contributed by atoms with Gasteiger partial charge in [-0.25, -0.2) is 4.68 Å². The third kappa shape index (κ3) is 3.93. The van der Waals surface area contributed by atoms with Crippen molar-refractivity contribution in [2.45, 2.75) is 50.0 Å². The summed E-state index contributed by atoms with van der Waals surface area (Å²) >= 11 is 0. The van der Waals surface area contributed by atoms with Gasteiger partial charge < -0.3 is 10.1 Å². The van der Waals surface area contributed by atoms with E-state index in [-0.39, 0.29) is 5.91 Å². The van der Waals surface area contributed by atoms with Crippen molar-refractivity contribution < 1.29 is 13.7 Å². The third-order valence-electron chi connectivity index (χ3n) is 5.44. The number of hydrogen-bond acceptors (Lipinski definition) is 4. The van der Waals surface area contributed by atoms with Gasteiger partial charge in [0.2, 0.25) is 5.91 Å². The molecule has 2 aliphatic rings. The first kappa shape index (κ1) is 18.2. The number of amides is 1. The second-order valence-electron chi connectivity index (χ2n) is 7.37. The Morgan fingerprint density at radius 2 is 1.96 bits per heavy atom. The van der Waals surface area contributed by atoms with Gasteiger partial charge in [-0.15, -0.1) is 0 Å². The van der Waals surface area contributed by atoms with E-state index in [1.54, 1.807) is 11.8 Å². The standard InChI is InChI=1S/C20H25N3O3S/c1-26-16-9-7-15(8-10-16)23-20(17-12-27(25)13-18(17)22-23)21-19(24)11-14-5-3-2-4-6-14/h7-10,14H,2-6,11-13H2,1H3,(H,21,24). The van der Waals surface area contributed by atoms with Gasteiger partial charge in [0, 0.05) is 22.8 Å². The van der Waals surface area contributed by atoms with Gasteiger partial charge in [0.1, 0.15) is 11.6 Å². The molecule has 2 heterocycles. The highest BCUT2D eigenvalue weighted by atomic mass is 32.2. The summed E-state index contributed by atoms with van der Waals surface area (Å²) in [4.78, 5) is 12.7. The highest BCUT2D eigenvalue weighted by Crippen LogP contribution is 2.33. The van der Waals surface area contributed by atoms with Crippen LogP contribution in [0.15, 0.2) is 24.3 Å². The molecule has 1 atom stereocenters. The fraction of sp³-hybridized carbons (Fsp3) is 0.500. The average molecular weight is 388 g/mol. The smallest absolute Gasteiger partial charge is 0.225 e. The quantitative estimate of drug-likeness (QED) is 0.851. The molecule has 0 spiro atoms. The molecule has 4 rings (SSSR count). The van der Waals surface area contributed by atoms with Gasteiger partial charge in [0.05, 0.1) is 30.0 Å². The normalized spacial score (nSPS) is 19.7. The van der Waals surface area contributed by atoms with Gasteiger partial charge in [-0.1, -0.05) is 19.3 Å². The number of carbonyl (C=O) groups excluding carboxylic acids is 1. The zero-order valence-electron chi connectivity index (χ0n) is 15.6. The SMILES string of the molecule is COc1ccc(-n2nc3c(c2NC(=O)CC2CCCCC2)CS(=O)C3)cc1. The molecule has 27 heavy (non-hydrogen) atoms. The predicted molar refractivity (Wildman–Crippen MR) is 105 cm³/mol. The van der Waals surface area contributed by atoms with Crippen LogP contribution in [0.1, 0.15) is 49.8 Å². The molecular formula is C20H25N3O3S. The number of aromatic nitrogens is 2. The van der Waals surface area contributed by atoms with E-state index < -0.39 is 10.8 Å². The van der Waals surface area contributed by atoms with Crippen LogP contribution in [0.3, 0.4) is 0 Å². The molecule has 1 N–H and O–H groups in total. The Balaban J connectivity index is 1.59. The fourth-order valence-corrected chi connectivity index (χ4v) is 5.27. The van der Waals surface area contributed by atoms with E-state index in [1.807, 2.05) is 24.3 Å². The summed E-state index contributed by atoms with van der Waals surface area (Å²) in [5, 5.41) is 7.72. The monoisotopic (exact) mass is 387 g/mol. The second-order valence-corrected chi connectivity index (χ2v) is 8.83. The Kier molecular flexibility index (Phi) is 5.29. The van der Waals surface area contributed by atoms with E-state index in [4.69, 9.17) is 4.74 Å². The topological polar surface area (TPSA) is 73.2 Å². The molecule has 1 saturated carbocycles. The average Bonchev–Trinajstić information content (AvgIpc) is 3.20. The van der Waals surface area contributed by atoms with Crippen LogP contribution >= 0.6 is 0 Å². The van der Waals surface area contributed by atoms with Crippen molar-refractivity contribution in [1.82, 2.24) is 9.78 Å².